The van der Waals surface area contributed by atoms with Gasteiger partial charge in [0, 0.05) is 30.4 Å². The molecule has 1 unspecified atom stereocenters. The van der Waals surface area contributed by atoms with Crippen molar-refractivity contribution < 1.29 is 9.47 Å². The first-order chi connectivity index (χ1) is 11.6. The molecule has 1 aromatic carbocycles. The number of benzene rings is 1. The van der Waals surface area contributed by atoms with Gasteiger partial charge < -0.3 is 20.1 Å². The van der Waals surface area contributed by atoms with Crippen LogP contribution in [0.1, 0.15) is 26.7 Å². The minimum atomic E-state index is 0.429. The minimum absolute atomic E-state index is 0.429. The van der Waals surface area contributed by atoms with Crippen LogP contribution in [0, 0.1) is 0 Å². The Kier molecular flexibility index (Phi) is 6.73. The fourth-order valence-electron chi connectivity index (χ4n) is 2.55. The van der Waals surface area contributed by atoms with Crippen molar-refractivity contribution in [2.24, 2.45) is 4.99 Å². The number of nitrogens with zero attached hydrogens (tertiary/aromatic N) is 2. The molecule has 6 heteroatoms. The molecule has 0 bridgehead atoms. The molecule has 0 aliphatic heterocycles. The topological polar surface area (TPSA) is 58.1 Å². The average molecular weight is 334 g/mol. The number of nitrogens with one attached hydrogen (secondary N) is 2. The zero-order chi connectivity index (χ0) is 17.5. The van der Waals surface area contributed by atoms with E-state index < -0.39 is 0 Å². The Hall–Kier alpha value is -1.95. The van der Waals surface area contributed by atoms with E-state index in [1.165, 1.54) is 12.8 Å². The summed E-state index contributed by atoms with van der Waals surface area (Å²) in [6, 6.07) is 6.92. The second-order valence-electron chi connectivity index (χ2n) is 6.16. The molecule has 0 spiro atoms. The van der Waals surface area contributed by atoms with Gasteiger partial charge in [0.2, 0.25) is 0 Å². The first-order valence-corrected chi connectivity index (χ1v) is 8.58. The highest BCUT2D eigenvalue weighted by Gasteiger charge is 2.28. The van der Waals surface area contributed by atoms with Crippen LogP contribution in [0.15, 0.2) is 23.2 Å². The lowest BCUT2D eigenvalue weighted by Crippen LogP contribution is -2.36. The lowest BCUT2D eigenvalue weighted by Gasteiger charge is -2.23. The zero-order valence-electron chi connectivity index (χ0n) is 15.4. The summed E-state index contributed by atoms with van der Waals surface area (Å²) >= 11 is 0. The van der Waals surface area contributed by atoms with Gasteiger partial charge in [0.15, 0.2) is 17.5 Å². The highest BCUT2D eigenvalue weighted by atomic mass is 16.5. The second kappa shape index (κ2) is 8.78. The monoisotopic (exact) mass is 334 g/mol. The molecule has 0 aromatic heterocycles. The summed E-state index contributed by atoms with van der Waals surface area (Å²) in [6.45, 7) is 5.86. The Morgan fingerprint density at radius 1 is 1.29 bits per heavy atom. The summed E-state index contributed by atoms with van der Waals surface area (Å²) in [5, 5.41) is 6.61. The van der Waals surface area contributed by atoms with Crippen LogP contribution in [0.25, 0.3) is 0 Å². The summed E-state index contributed by atoms with van der Waals surface area (Å²) in [4.78, 5) is 7.14. The van der Waals surface area contributed by atoms with E-state index in [1.54, 1.807) is 14.2 Å². The molecule has 2 rings (SSSR count). The number of guanidine groups is 1. The number of hydrogen-bond acceptors (Lipinski definition) is 4. The van der Waals surface area contributed by atoms with Crippen LogP contribution < -0.4 is 20.1 Å². The molecule has 1 aromatic rings. The van der Waals surface area contributed by atoms with Crippen molar-refractivity contribution in [3.8, 4) is 11.5 Å². The number of methoxy groups -OCH3 is 2. The van der Waals surface area contributed by atoms with E-state index in [2.05, 4.69) is 36.4 Å². The lowest BCUT2D eigenvalue weighted by molar-refractivity contribution is 0.253. The largest absolute Gasteiger partial charge is 0.493 e. The van der Waals surface area contributed by atoms with Gasteiger partial charge in [-0.15, -0.1) is 0 Å². The van der Waals surface area contributed by atoms with Gasteiger partial charge in [-0.25, -0.2) is 0 Å². The number of rotatable bonds is 8. The van der Waals surface area contributed by atoms with Crippen molar-refractivity contribution in [3.05, 3.63) is 18.2 Å². The molecule has 1 aliphatic carbocycles. The van der Waals surface area contributed by atoms with Gasteiger partial charge in [-0.05, 0) is 45.9 Å². The van der Waals surface area contributed by atoms with E-state index in [-0.39, 0.29) is 0 Å². The third-order valence-corrected chi connectivity index (χ3v) is 4.32. The van der Waals surface area contributed by atoms with Crippen LogP contribution in [-0.2, 0) is 0 Å². The zero-order valence-corrected chi connectivity index (χ0v) is 15.4. The number of likely N-dealkylation sites (N-methyl/N-ethyl adjacent to an activating group) is 1. The number of ether oxygens (including phenoxy) is 2. The van der Waals surface area contributed by atoms with Crippen molar-refractivity contribution in [3.63, 3.8) is 0 Å². The molecular formula is C18H30N4O2. The quantitative estimate of drug-likeness (QED) is 0.565. The fraction of sp³-hybridized carbons (Fsp3) is 0.611. The minimum Gasteiger partial charge on any atom is -0.493 e. The summed E-state index contributed by atoms with van der Waals surface area (Å²) in [5.41, 5.74) is 0.913. The number of aliphatic imine (C=N–C) groups is 1. The smallest absolute Gasteiger partial charge is 0.195 e. The molecule has 134 valence electrons. The van der Waals surface area contributed by atoms with Gasteiger partial charge in [-0.1, -0.05) is 0 Å². The van der Waals surface area contributed by atoms with E-state index in [0.29, 0.717) is 17.5 Å². The summed E-state index contributed by atoms with van der Waals surface area (Å²) in [6.07, 6.45) is 2.63. The molecule has 6 nitrogen and oxygen atoms in total. The SMILES string of the molecule is CCNC(=NCC(C)N(C)C1CC1)Nc1ccc(OC)c(OC)c1. The molecule has 1 aliphatic rings. The number of anilines is 1. The van der Waals surface area contributed by atoms with E-state index >= 15 is 0 Å². The first kappa shape index (κ1) is 18.4. The van der Waals surface area contributed by atoms with Crippen molar-refractivity contribution >= 4 is 11.6 Å². The van der Waals surface area contributed by atoms with E-state index in [1.807, 2.05) is 18.2 Å². The highest BCUT2D eigenvalue weighted by molar-refractivity contribution is 5.93. The summed E-state index contributed by atoms with van der Waals surface area (Å²) < 4.78 is 10.6. The van der Waals surface area contributed by atoms with Crippen LogP contribution >= 0.6 is 0 Å². The standard InChI is InChI=1S/C18H30N4O2/c1-6-19-18(20-12-13(2)22(3)15-8-9-15)21-14-7-10-16(23-4)17(11-14)24-5/h7,10-11,13,15H,6,8-9,12H2,1-5H3,(H2,19,20,21). The van der Waals surface area contributed by atoms with Gasteiger partial charge >= 0.3 is 0 Å². The van der Waals surface area contributed by atoms with Crippen molar-refractivity contribution in [1.82, 2.24) is 10.2 Å². The molecule has 2 N–H and O–H groups in total. The third kappa shape index (κ3) is 5.03. The molecule has 0 radical (unpaired) electrons. The third-order valence-electron chi connectivity index (χ3n) is 4.32. The van der Waals surface area contributed by atoms with Gasteiger partial charge in [0.25, 0.3) is 0 Å². The molecule has 24 heavy (non-hydrogen) atoms. The van der Waals surface area contributed by atoms with E-state index in [9.17, 15) is 0 Å². The maximum absolute atomic E-state index is 5.35. The van der Waals surface area contributed by atoms with Crippen molar-refractivity contribution in [1.29, 1.82) is 0 Å². The van der Waals surface area contributed by atoms with Crippen LogP contribution in [0.5, 0.6) is 11.5 Å². The maximum Gasteiger partial charge on any atom is 0.195 e. The van der Waals surface area contributed by atoms with Gasteiger partial charge in [0.05, 0.1) is 20.8 Å². The lowest BCUT2D eigenvalue weighted by atomic mass is 10.2. The fourth-order valence-corrected chi connectivity index (χ4v) is 2.55. The Labute approximate surface area is 145 Å². The van der Waals surface area contributed by atoms with E-state index in [4.69, 9.17) is 14.5 Å². The number of hydrogen-bond donors (Lipinski definition) is 2. The Morgan fingerprint density at radius 2 is 2.00 bits per heavy atom. The summed E-state index contributed by atoms with van der Waals surface area (Å²) in [7, 11) is 5.46. The average Bonchev–Trinajstić information content (AvgIpc) is 3.43. The Morgan fingerprint density at radius 3 is 2.58 bits per heavy atom. The van der Waals surface area contributed by atoms with Crippen LogP contribution in [0.2, 0.25) is 0 Å². The van der Waals surface area contributed by atoms with Crippen LogP contribution in [0.4, 0.5) is 5.69 Å². The van der Waals surface area contributed by atoms with Crippen LogP contribution in [0.3, 0.4) is 0 Å². The van der Waals surface area contributed by atoms with Gasteiger partial charge in [-0.2, -0.15) is 0 Å². The van der Waals surface area contributed by atoms with Crippen LogP contribution in [-0.4, -0.2) is 57.3 Å². The molecule has 0 amide bonds. The van der Waals surface area contributed by atoms with Crippen molar-refractivity contribution in [2.75, 3.05) is 39.7 Å². The molecule has 1 fully saturated rings. The Balaban J connectivity index is 2.02. The second-order valence-corrected chi connectivity index (χ2v) is 6.16. The van der Waals surface area contributed by atoms with Crippen molar-refractivity contribution in [2.45, 2.75) is 38.8 Å². The molecule has 0 saturated heterocycles. The highest BCUT2D eigenvalue weighted by Crippen LogP contribution is 2.29. The maximum atomic E-state index is 5.35. The molecule has 1 atom stereocenters. The van der Waals surface area contributed by atoms with E-state index in [0.717, 1.165) is 30.8 Å². The van der Waals surface area contributed by atoms with Gasteiger partial charge in [0.1, 0.15) is 0 Å². The molecule has 1 saturated carbocycles. The molecular weight excluding hydrogens is 304 g/mol. The Bertz CT molecular complexity index is 558. The normalized spacial score (nSPS) is 16.0. The predicted molar refractivity (Wildman–Crippen MR) is 99.4 cm³/mol. The summed E-state index contributed by atoms with van der Waals surface area (Å²) in [5.74, 6) is 2.19. The predicted octanol–water partition coefficient (Wildman–Crippen LogP) is 2.56. The molecule has 0 heterocycles. The first-order valence-electron chi connectivity index (χ1n) is 8.58. The van der Waals surface area contributed by atoms with Gasteiger partial charge in [-0.3, -0.25) is 9.89 Å².